The standard InChI is InChI=1S/F6Te.F4Te/c1-7(2,3,4,5)6;1-5(2,3)4. The fraction of sp³-hybridized carbons (Fsp3) is 0. The van der Waals surface area contributed by atoms with E-state index >= 15 is 0 Å². The van der Waals surface area contributed by atoms with Crippen LogP contribution in [0.3, 0.4) is 0 Å². The molecule has 0 saturated carbocycles. The van der Waals surface area contributed by atoms with Crippen LogP contribution in [0.2, 0.25) is 0 Å². The molecule has 0 aliphatic heterocycles. The average Bonchev–Trinajstić information content (AvgIpc) is 1.04. The second-order valence-electron chi connectivity index (χ2n) is 1.22. The Morgan fingerprint density at radius 3 is 0.583 bits per heavy atom. The molecule has 0 radical (unpaired) electrons. The summed E-state index contributed by atoms with van der Waals surface area (Å²) >= 11 is -18.2. The molecule has 0 saturated heterocycles. The topological polar surface area (TPSA) is 0 Å². The predicted molar refractivity (Wildman–Crippen MR) is 22.6 cm³/mol. The van der Waals surface area contributed by atoms with Crippen molar-refractivity contribution in [2.75, 3.05) is 0 Å². The van der Waals surface area contributed by atoms with Gasteiger partial charge in [-0.05, 0) is 0 Å². The molecule has 0 nitrogen and oxygen atoms in total. The van der Waals surface area contributed by atoms with E-state index in [2.05, 4.69) is 0 Å². The first-order valence-electron chi connectivity index (χ1n) is 1.54. The second-order valence-corrected chi connectivity index (χ2v) is 8.22. The van der Waals surface area contributed by atoms with Gasteiger partial charge in [-0.1, -0.05) is 0 Å². The fourth-order valence-electron chi connectivity index (χ4n) is 0. The van der Waals surface area contributed by atoms with Crippen molar-refractivity contribution in [3.63, 3.8) is 0 Å². The van der Waals surface area contributed by atoms with Crippen LogP contribution >= 0.6 is 0 Å². The van der Waals surface area contributed by atoms with Gasteiger partial charge < -0.3 is 0 Å². The maximum atomic E-state index is 9.92. The summed E-state index contributed by atoms with van der Waals surface area (Å²) in [5.74, 6) is 0. The van der Waals surface area contributed by atoms with Gasteiger partial charge in [0.05, 0.1) is 0 Å². The third kappa shape index (κ3) is 1370. The summed E-state index contributed by atoms with van der Waals surface area (Å²) in [6.07, 6.45) is 0. The monoisotopic (exact) mass is 450 g/mol. The molecule has 0 fully saturated rings. The van der Waals surface area contributed by atoms with Crippen LogP contribution in [0.1, 0.15) is 0 Å². The van der Waals surface area contributed by atoms with E-state index < -0.39 is 39.3 Å². The number of hydrogen-bond donors (Lipinski definition) is 0. The average molecular weight is 445 g/mol. The Morgan fingerprint density at radius 2 is 0.583 bits per heavy atom. The van der Waals surface area contributed by atoms with E-state index in [0.717, 1.165) is 0 Å². The summed E-state index contributed by atoms with van der Waals surface area (Å²) in [5, 5.41) is 0. The van der Waals surface area contributed by atoms with Crippen LogP contribution in [0.25, 0.3) is 0 Å². The van der Waals surface area contributed by atoms with Crippen molar-refractivity contribution in [3.8, 4) is 0 Å². The van der Waals surface area contributed by atoms with Crippen molar-refractivity contribution < 1.29 is 28.9 Å². The van der Waals surface area contributed by atoms with Gasteiger partial charge in [-0.3, -0.25) is 0 Å². The molecular weight excluding hydrogens is 445 g/mol. The summed E-state index contributed by atoms with van der Waals surface area (Å²) in [5.41, 5.74) is 0. The Labute approximate surface area is 68.2 Å². The third-order valence-electron chi connectivity index (χ3n) is 0. The van der Waals surface area contributed by atoms with Crippen LogP contribution in [0, 0.1) is 0 Å². The van der Waals surface area contributed by atoms with Crippen molar-refractivity contribution in [2.45, 2.75) is 0 Å². The van der Waals surface area contributed by atoms with Crippen molar-refractivity contribution in [3.05, 3.63) is 0 Å². The van der Waals surface area contributed by atoms with Gasteiger partial charge in [0.25, 0.3) is 0 Å². The molecule has 0 bridgehead atoms. The molecule has 0 atom stereocenters. The molecule has 0 aliphatic carbocycles. The molecule has 0 unspecified atom stereocenters. The van der Waals surface area contributed by atoms with Crippen LogP contribution in [0.5, 0.6) is 0 Å². The molecule has 0 heterocycles. The minimum atomic E-state index is -11.2. The Hall–Kier alpha value is 0.879. The molecule has 0 amide bonds. The predicted octanol–water partition coefficient (Wildman–Crippen LogP) is 3.44. The van der Waals surface area contributed by atoms with E-state index in [9.17, 15) is 28.9 Å². The van der Waals surface area contributed by atoms with Crippen LogP contribution < -0.4 is 0 Å². The SMILES string of the molecule is F[Te](F)(F)(F)(F)F.F[Te](F)(F)F. The summed E-state index contributed by atoms with van der Waals surface area (Å²) < 4.78 is 99.0. The molecule has 0 aromatic carbocycles. The van der Waals surface area contributed by atoms with E-state index in [1.165, 1.54) is 0 Å². The van der Waals surface area contributed by atoms with E-state index in [-0.39, 0.29) is 0 Å². The van der Waals surface area contributed by atoms with E-state index in [4.69, 9.17) is 0 Å². The third-order valence-corrected chi connectivity index (χ3v) is 0. The summed E-state index contributed by atoms with van der Waals surface area (Å²) in [7, 11) is 0. The fourth-order valence-corrected chi connectivity index (χ4v) is 0. The molecule has 0 N–H and O–H groups in total. The first kappa shape index (κ1) is 15.4. The van der Waals surface area contributed by atoms with E-state index in [1.807, 2.05) is 0 Å². The molecule has 0 aromatic heterocycles. The summed E-state index contributed by atoms with van der Waals surface area (Å²) in [6.45, 7) is 0. The van der Waals surface area contributed by atoms with Gasteiger partial charge in [0.15, 0.2) is 0 Å². The van der Waals surface area contributed by atoms with Gasteiger partial charge in [0.1, 0.15) is 0 Å². The number of halogens is 10. The van der Waals surface area contributed by atoms with Gasteiger partial charge in [-0.25, -0.2) is 0 Å². The van der Waals surface area contributed by atoms with Crippen molar-refractivity contribution in [1.82, 2.24) is 0 Å². The van der Waals surface area contributed by atoms with Crippen molar-refractivity contribution in [1.29, 1.82) is 0 Å². The normalized spacial score (nSPS) is 19.8. The van der Waals surface area contributed by atoms with Crippen LogP contribution in [-0.4, -0.2) is 39.3 Å². The molecule has 12 heavy (non-hydrogen) atoms. The zero-order valence-electron chi connectivity index (χ0n) is 4.60. The van der Waals surface area contributed by atoms with Gasteiger partial charge in [-0.2, -0.15) is 0 Å². The Balaban J connectivity index is 0. The maximum absolute atomic E-state index is 11.2. The Kier molecular flexibility index (Phi) is 3.76. The minimum absolute atomic E-state index is 7.02. The van der Waals surface area contributed by atoms with Crippen molar-refractivity contribution in [2.24, 2.45) is 0 Å². The van der Waals surface area contributed by atoms with Gasteiger partial charge in [0.2, 0.25) is 0 Å². The summed E-state index contributed by atoms with van der Waals surface area (Å²) in [4.78, 5) is 0. The molecule has 0 aliphatic rings. The Morgan fingerprint density at radius 1 is 0.583 bits per heavy atom. The molecule has 0 rings (SSSR count). The first-order valence-corrected chi connectivity index (χ1v) is 10.4. The second kappa shape index (κ2) is 2.94. The molecule has 12 heteroatoms. The first-order chi connectivity index (χ1) is 4.45. The van der Waals surface area contributed by atoms with E-state index in [0.29, 0.717) is 0 Å². The number of rotatable bonds is 0. The van der Waals surface area contributed by atoms with Crippen LogP contribution in [-0.2, 0) is 0 Å². The van der Waals surface area contributed by atoms with Crippen LogP contribution in [0.4, 0.5) is 28.9 Å². The van der Waals surface area contributed by atoms with Gasteiger partial charge in [0, 0.05) is 0 Å². The van der Waals surface area contributed by atoms with Gasteiger partial charge >= 0.3 is 68.2 Å². The molecule has 0 spiro atoms. The van der Waals surface area contributed by atoms with Gasteiger partial charge in [-0.15, -0.1) is 0 Å². The number of hydrogen-bond acceptors (Lipinski definition) is 0. The van der Waals surface area contributed by atoms with Crippen LogP contribution in [0.15, 0.2) is 0 Å². The Bertz CT molecular complexity index is 118. The van der Waals surface area contributed by atoms with E-state index in [1.54, 1.807) is 0 Å². The zero-order chi connectivity index (χ0) is 10.9. The zero-order valence-corrected chi connectivity index (χ0v) is 9.26. The molecule has 82 valence electrons. The van der Waals surface area contributed by atoms with Crippen molar-refractivity contribution >= 4 is 39.3 Å². The summed E-state index contributed by atoms with van der Waals surface area (Å²) in [6, 6.07) is 0. The molecule has 0 aromatic rings. The quantitative estimate of drug-likeness (QED) is 0.396. The molecular formula is F10Te2.